The number of hydrogen-bond acceptors (Lipinski definition) is 6. The largest absolute Gasteiger partial charge is 0.378 e. The Morgan fingerprint density at radius 1 is 1.16 bits per heavy atom. The maximum Gasteiger partial charge on any atom is 0.253 e. The molecule has 8 heteroatoms. The monoisotopic (exact) mass is 434 g/mol. The first-order valence-corrected chi connectivity index (χ1v) is 10.8. The van der Waals surface area contributed by atoms with Crippen LogP contribution in [0.25, 0.3) is 0 Å². The third-order valence-electron chi connectivity index (χ3n) is 4.51. The Hall–Kier alpha value is -3.39. The fourth-order valence-corrected chi connectivity index (χ4v) is 3.64. The predicted molar refractivity (Wildman–Crippen MR) is 126 cm³/mol. The quantitative estimate of drug-likeness (QED) is 0.217. The number of amides is 1. The minimum atomic E-state index is -0.393. The fraction of sp³-hybridized carbons (Fsp3) is 0.217. The van der Waals surface area contributed by atoms with Gasteiger partial charge in [-0.05, 0) is 31.5 Å². The number of para-hydroxylation sites is 1. The van der Waals surface area contributed by atoms with Crippen molar-refractivity contribution >= 4 is 29.1 Å². The van der Waals surface area contributed by atoms with Gasteiger partial charge in [0.05, 0.1) is 17.5 Å². The molecule has 0 aliphatic rings. The van der Waals surface area contributed by atoms with Gasteiger partial charge in [-0.2, -0.15) is 5.10 Å². The van der Waals surface area contributed by atoms with Gasteiger partial charge in [-0.1, -0.05) is 66.4 Å². The Morgan fingerprint density at radius 2 is 1.84 bits per heavy atom. The third kappa shape index (κ3) is 6.29. The van der Waals surface area contributed by atoms with Crippen molar-refractivity contribution in [2.45, 2.75) is 37.3 Å². The molecule has 0 saturated heterocycles. The van der Waals surface area contributed by atoms with Crippen LogP contribution in [0.3, 0.4) is 0 Å². The number of aromatic nitrogens is 3. The molecule has 0 bridgehead atoms. The lowest BCUT2D eigenvalue weighted by molar-refractivity contribution is -0.120. The van der Waals surface area contributed by atoms with E-state index in [2.05, 4.69) is 32.6 Å². The van der Waals surface area contributed by atoms with Gasteiger partial charge in [0.1, 0.15) is 0 Å². The Labute approximate surface area is 186 Å². The summed E-state index contributed by atoms with van der Waals surface area (Å²) in [6.07, 6.45) is 1.79. The van der Waals surface area contributed by atoms with E-state index in [0.717, 1.165) is 22.8 Å². The first kappa shape index (κ1) is 22.3. The van der Waals surface area contributed by atoms with Crippen molar-refractivity contribution < 1.29 is 4.79 Å². The summed E-state index contributed by atoms with van der Waals surface area (Å²) in [4.78, 5) is 12.5. The van der Waals surface area contributed by atoms with E-state index in [0.29, 0.717) is 18.2 Å². The van der Waals surface area contributed by atoms with E-state index in [9.17, 15) is 4.79 Å². The lowest BCUT2D eigenvalue weighted by Crippen LogP contribution is -2.28. The summed E-state index contributed by atoms with van der Waals surface area (Å²) in [6.45, 7) is 8.58. The number of nitrogens with zero attached hydrogens (tertiary/aromatic N) is 4. The number of allylic oxidation sites excluding steroid dienone is 1. The molecule has 7 nitrogen and oxygen atoms in total. The van der Waals surface area contributed by atoms with E-state index >= 15 is 0 Å². The van der Waals surface area contributed by atoms with E-state index in [4.69, 9.17) is 0 Å². The van der Waals surface area contributed by atoms with Crippen LogP contribution in [-0.2, 0) is 17.9 Å². The lowest BCUT2D eigenvalue weighted by Gasteiger charge is -2.12. The summed E-state index contributed by atoms with van der Waals surface area (Å²) in [5, 5.41) is 16.4. The molecule has 0 spiro atoms. The summed E-state index contributed by atoms with van der Waals surface area (Å²) >= 11 is 1.34. The highest BCUT2D eigenvalue weighted by molar-refractivity contribution is 8.00. The van der Waals surface area contributed by atoms with Gasteiger partial charge in [0.15, 0.2) is 11.0 Å². The Morgan fingerprint density at radius 3 is 2.52 bits per heavy atom. The number of carbonyl (C=O) groups is 1. The Balaban J connectivity index is 1.63. The van der Waals surface area contributed by atoms with Crippen LogP contribution in [0.4, 0.5) is 5.69 Å². The van der Waals surface area contributed by atoms with E-state index < -0.39 is 5.25 Å². The van der Waals surface area contributed by atoms with Gasteiger partial charge in [0.25, 0.3) is 5.91 Å². The maximum atomic E-state index is 12.5. The zero-order valence-corrected chi connectivity index (χ0v) is 18.5. The van der Waals surface area contributed by atoms with Crippen LogP contribution in [0, 0.1) is 0 Å². The molecule has 160 valence electrons. The number of rotatable bonds is 10. The highest BCUT2D eigenvalue weighted by Crippen LogP contribution is 2.23. The zero-order chi connectivity index (χ0) is 22.1. The molecule has 31 heavy (non-hydrogen) atoms. The second kappa shape index (κ2) is 11.1. The molecule has 0 saturated carbocycles. The molecule has 0 aliphatic carbocycles. The molecular formula is C23H26N6OS. The van der Waals surface area contributed by atoms with Crippen molar-refractivity contribution in [3.05, 3.63) is 84.7 Å². The zero-order valence-electron chi connectivity index (χ0n) is 17.7. The number of carbonyl (C=O) groups excluding carboxylic acids is 1. The molecule has 1 unspecified atom stereocenters. The van der Waals surface area contributed by atoms with Crippen LogP contribution in [0.5, 0.6) is 0 Å². The third-order valence-corrected chi connectivity index (χ3v) is 5.59. The normalized spacial score (nSPS) is 12.3. The number of thioether (sulfide) groups is 1. The van der Waals surface area contributed by atoms with Crippen molar-refractivity contribution in [1.82, 2.24) is 20.2 Å². The minimum Gasteiger partial charge on any atom is -0.378 e. The first-order chi connectivity index (χ1) is 15.1. The van der Waals surface area contributed by atoms with E-state index in [1.165, 1.54) is 11.8 Å². The molecule has 3 rings (SSSR count). The Kier molecular flexibility index (Phi) is 8.00. The van der Waals surface area contributed by atoms with Crippen molar-refractivity contribution in [3.8, 4) is 0 Å². The van der Waals surface area contributed by atoms with Crippen LogP contribution in [0.2, 0.25) is 0 Å². The van der Waals surface area contributed by atoms with Gasteiger partial charge >= 0.3 is 0 Å². The highest BCUT2D eigenvalue weighted by Gasteiger charge is 2.19. The van der Waals surface area contributed by atoms with Crippen LogP contribution in [0.1, 0.15) is 25.2 Å². The molecule has 2 N–H and O–H groups in total. The molecule has 1 amide bonds. The molecule has 0 aliphatic heterocycles. The van der Waals surface area contributed by atoms with E-state index in [-0.39, 0.29) is 5.91 Å². The van der Waals surface area contributed by atoms with Crippen molar-refractivity contribution in [3.63, 3.8) is 0 Å². The standard InChI is InChI=1S/C23H26N6OS/c1-4-15-29-21(16-24-20-13-9-6-10-14-20)26-28-23(29)31-18(3)22(30)27-25-17(2)19-11-7-5-8-12-19/h4-14,18,24H,1,15-16H2,2-3H3,(H,27,30)/b25-17+. The topological polar surface area (TPSA) is 84.2 Å². The fourth-order valence-electron chi connectivity index (χ4n) is 2.77. The van der Waals surface area contributed by atoms with Gasteiger partial charge in [-0.3, -0.25) is 4.79 Å². The molecule has 0 radical (unpaired) electrons. The van der Waals surface area contributed by atoms with Crippen LogP contribution in [-0.4, -0.2) is 31.6 Å². The molecule has 3 aromatic rings. The van der Waals surface area contributed by atoms with E-state index in [1.807, 2.05) is 79.1 Å². The van der Waals surface area contributed by atoms with Gasteiger partial charge in [0.2, 0.25) is 0 Å². The molecular weight excluding hydrogens is 408 g/mol. The number of hydrazone groups is 1. The Bertz CT molecular complexity index is 1030. The molecule has 0 fully saturated rings. The summed E-state index contributed by atoms with van der Waals surface area (Å²) in [6, 6.07) is 19.6. The first-order valence-electron chi connectivity index (χ1n) is 9.96. The second-order valence-corrected chi connectivity index (χ2v) is 8.12. The van der Waals surface area contributed by atoms with Gasteiger partial charge in [0, 0.05) is 12.2 Å². The molecule has 2 aromatic carbocycles. The van der Waals surface area contributed by atoms with Crippen molar-refractivity contribution in [2.24, 2.45) is 5.10 Å². The number of hydrogen-bond donors (Lipinski definition) is 2. The number of anilines is 1. The SMILES string of the molecule is C=CCn1c(CNc2ccccc2)nnc1SC(C)C(=O)N/N=C(\C)c1ccccc1. The van der Waals surface area contributed by atoms with Crippen LogP contribution >= 0.6 is 11.8 Å². The molecule has 1 atom stereocenters. The van der Waals surface area contributed by atoms with Crippen molar-refractivity contribution in [1.29, 1.82) is 0 Å². The number of benzene rings is 2. The van der Waals surface area contributed by atoms with Crippen LogP contribution < -0.4 is 10.7 Å². The molecule has 1 aromatic heterocycles. The maximum absolute atomic E-state index is 12.5. The summed E-state index contributed by atoms with van der Waals surface area (Å²) < 4.78 is 1.95. The average Bonchev–Trinajstić information content (AvgIpc) is 3.18. The van der Waals surface area contributed by atoms with E-state index in [1.54, 1.807) is 6.08 Å². The molecule has 1 heterocycles. The summed E-state index contributed by atoms with van der Waals surface area (Å²) in [7, 11) is 0. The smallest absolute Gasteiger partial charge is 0.253 e. The second-order valence-electron chi connectivity index (χ2n) is 6.82. The van der Waals surface area contributed by atoms with Crippen molar-refractivity contribution in [2.75, 3.05) is 5.32 Å². The highest BCUT2D eigenvalue weighted by atomic mass is 32.2. The summed E-state index contributed by atoms with van der Waals surface area (Å²) in [5.41, 5.74) is 5.36. The van der Waals surface area contributed by atoms with Gasteiger partial charge < -0.3 is 9.88 Å². The summed E-state index contributed by atoms with van der Waals surface area (Å²) in [5.74, 6) is 0.578. The number of nitrogens with one attached hydrogen (secondary N) is 2. The average molecular weight is 435 g/mol. The van der Waals surface area contributed by atoms with Gasteiger partial charge in [-0.15, -0.1) is 16.8 Å². The predicted octanol–water partition coefficient (Wildman–Crippen LogP) is 4.10. The minimum absolute atomic E-state index is 0.197. The van der Waals surface area contributed by atoms with Crippen LogP contribution in [0.15, 0.2) is 83.6 Å². The van der Waals surface area contributed by atoms with Gasteiger partial charge in [-0.25, -0.2) is 5.43 Å². The lowest BCUT2D eigenvalue weighted by atomic mass is 10.1.